The van der Waals surface area contributed by atoms with Crippen LogP contribution in [0, 0.1) is 0 Å². The van der Waals surface area contributed by atoms with Crippen LogP contribution in [0.3, 0.4) is 0 Å². The van der Waals surface area contributed by atoms with Crippen LogP contribution in [0.15, 0.2) is 44.6 Å². The smallest absolute Gasteiger partial charge is 0.0436 e. The molecular weight excluding hydrogens is 556 g/mol. The van der Waals surface area contributed by atoms with E-state index >= 15 is 0 Å². The zero-order valence-corrected chi connectivity index (χ0v) is 22.8. The minimum absolute atomic E-state index is 0.170. The Bertz CT molecular complexity index is 612. The van der Waals surface area contributed by atoms with Gasteiger partial charge in [0.25, 0.3) is 0 Å². The molecule has 0 radical (unpaired) electrons. The standard InChI is InChI=1S/C20H30I2P2/c1-11-12(2)16(6)19(9,15(11)5)23(21)24(22)20(10)17(7)13(3)14(4)18(20)8/h1-10H3. The van der Waals surface area contributed by atoms with Crippen molar-refractivity contribution in [3.63, 3.8) is 0 Å². The van der Waals surface area contributed by atoms with Gasteiger partial charge in [0.05, 0.1) is 0 Å². The van der Waals surface area contributed by atoms with Crippen LogP contribution >= 0.6 is 54.6 Å². The Morgan fingerprint density at radius 2 is 0.667 bits per heavy atom. The summed E-state index contributed by atoms with van der Waals surface area (Å²) >= 11 is 5.69. The van der Waals surface area contributed by atoms with E-state index in [1.807, 2.05) is 0 Å². The zero-order chi connectivity index (χ0) is 18.8. The van der Waals surface area contributed by atoms with Crippen LogP contribution in [0.4, 0.5) is 0 Å². The van der Waals surface area contributed by atoms with Gasteiger partial charge < -0.3 is 0 Å². The highest BCUT2D eigenvalue weighted by Gasteiger charge is 2.52. The first kappa shape index (κ1) is 21.6. The fourth-order valence-electron chi connectivity index (χ4n) is 4.05. The molecule has 0 aromatic heterocycles. The quantitative estimate of drug-likeness (QED) is 0.228. The average molecular weight is 586 g/mol. The fourth-order valence-corrected chi connectivity index (χ4v) is 22.5. The summed E-state index contributed by atoms with van der Waals surface area (Å²) in [5.74, 6) is 0. The summed E-state index contributed by atoms with van der Waals surface area (Å²) in [6.07, 6.45) is 0. The highest BCUT2D eigenvalue weighted by Crippen LogP contribution is 2.92. The van der Waals surface area contributed by atoms with E-state index < -0.39 is 0 Å². The Labute approximate surface area is 177 Å². The number of allylic oxidation sites excluding steroid dienone is 8. The molecule has 0 saturated heterocycles. The molecular formula is C20H30I2P2. The molecule has 0 amide bonds. The third-order valence-electron chi connectivity index (χ3n) is 7.19. The van der Waals surface area contributed by atoms with Gasteiger partial charge in [-0.3, -0.25) is 0 Å². The van der Waals surface area contributed by atoms with Crippen LogP contribution in [0.1, 0.15) is 69.2 Å². The SMILES string of the molecule is CC1=C(C)C(C)(P(I)P(I)C2(C)C(C)=C(C)C(C)=C2C)C(C)=C1C. The summed E-state index contributed by atoms with van der Waals surface area (Å²) < 4.78 is 0. The van der Waals surface area contributed by atoms with Crippen LogP contribution < -0.4 is 0 Å². The monoisotopic (exact) mass is 586 g/mol. The average Bonchev–Trinajstić information content (AvgIpc) is 2.81. The van der Waals surface area contributed by atoms with Crippen LogP contribution in [0.25, 0.3) is 0 Å². The zero-order valence-electron chi connectivity index (χ0n) is 16.7. The van der Waals surface area contributed by atoms with Crippen molar-refractivity contribution in [1.29, 1.82) is 0 Å². The topological polar surface area (TPSA) is 0 Å². The van der Waals surface area contributed by atoms with Gasteiger partial charge in [-0.2, -0.15) is 0 Å². The number of halogens is 2. The van der Waals surface area contributed by atoms with Crippen molar-refractivity contribution in [3.8, 4) is 0 Å². The van der Waals surface area contributed by atoms with E-state index in [9.17, 15) is 0 Å². The lowest BCUT2D eigenvalue weighted by Gasteiger charge is -2.44. The molecule has 24 heavy (non-hydrogen) atoms. The van der Waals surface area contributed by atoms with Gasteiger partial charge in [-0.15, -0.1) is 0 Å². The van der Waals surface area contributed by atoms with Gasteiger partial charge in [-0.1, -0.05) is 22.3 Å². The van der Waals surface area contributed by atoms with E-state index in [2.05, 4.69) is 113 Å². The molecule has 0 aromatic rings. The van der Waals surface area contributed by atoms with E-state index in [-0.39, 0.29) is 20.8 Å². The maximum Gasteiger partial charge on any atom is 0.0436 e. The van der Waals surface area contributed by atoms with Gasteiger partial charge in [0.15, 0.2) is 0 Å². The molecule has 4 heteroatoms. The van der Waals surface area contributed by atoms with Gasteiger partial charge >= 0.3 is 0 Å². The summed E-state index contributed by atoms with van der Waals surface area (Å²) in [5, 5.41) is 0.169. The molecule has 0 fully saturated rings. The lowest BCUT2D eigenvalue weighted by atomic mass is 9.98. The van der Waals surface area contributed by atoms with E-state index in [1.165, 1.54) is 22.3 Å². The maximum absolute atomic E-state index is 2.84. The molecule has 2 aliphatic rings. The molecule has 0 saturated carbocycles. The van der Waals surface area contributed by atoms with Gasteiger partial charge in [-0.25, -0.2) is 0 Å². The van der Waals surface area contributed by atoms with Crippen LogP contribution in [-0.2, 0) is 0 Å². The predicted molar refractivity (Wildman–Crippen MR) is 132 cm³/mol. The first-order valence-electron chi connectivity index (χ1n) is 8.49. The third kappa shape index (κ3) is 2.71. The summed E-state index contributed by atoms with van der Waals surface area (Å²) in [7, 11) is 0. The number of rotatable bonds is 3. The molecule has 0 spiro atoms. The lowest BCUT2D eigenvalue weighted by molar-refractivity contribution is 0.860. The molecule has 2 aliphatic carbocycles. The molecule has 0 aliphatic heterocycles. The Hall–Kier alpha value is 1.28. The molecule has 2 unspecified atom stereocenters. The van der Waals surface area contributed by atoms with Gasteiger partial charge in [0.2, 0.25) is 0 Å². The molecule has 0 aromatic carbocycles. The van der Waals surface area contributed by atoms with Crippen molar-refractivity contribution in [1.82, 2.24) is 0 Å². The van der Waals surface area contributed by atoms with Gasteiger partial charge in [-0.05, 0) is 136 Å². The fraction of sp³-hybridized carbons (Fsp3) is 0.600. The second-order valence-corrected chi connectivity index (χ2v) is 23.3. The molecule has 0 N–H and O–H groups in total. The van der Waals surface area contributed by atoms with Crippen molar-refractivity contribution < 1.29 is 0 Å². The maximum atomic E-state index is 2.84. The van der Waals surface area contributed by atoms with Crippen molar-refractivity contribution in [2.24, 2.45) is 0 Å². The minimum Gasteiger partial charge on any atom is -0.0548 e. The summed E-state index contributed by atoms with van der Waals surface area (Å²) in [4.78, 5) is 0. The van der Waals surface area contributed by atoms with E-state index in [0.29, 0.717) is 0 Å². The van der Waals surface area contributed by atoms with Crippen LogP contribution in [0.2, 0.25) is 0 Å². The largest absolute Gasteiger partial charge is 0.0548 e. The van der Waals surface area contributed by atoms with Crippen molar-refractivity contribution >= 4 is 54.6 Å². The normalized spacial score (nSPS) is 26.0. The lowest BCUT2D eigenvalue weighted by Crippen LogP contribution is -2.26. The first-order chi connectivity index (χ1) is 10.8. The molecule has 134 valence electrons. The Kier molecular flexibility index (Phi) is 6.32. The predicted octanol–water partition coefficient (Wildman–Crippen LogP) is 9.46. The molecule has 2 rings (SSSR count). The molecule has 0 heterocycles. The van der Waals surface area contributed by atoms with E-state index in [4.69, 9.17) is 0 Å². The first-order valence-corrected chi connectivity index (χ1v) is 17.4. The van der Waals surface area contributed by atoms with E-state index in [0.717, 1.165) is 0 Å². The Morgan fingerprint density at radius 3 is 0.833 bits per heavy atom. The second kappa shape index (κ2) is 7.02. The third-order valence-corrected chi connectivity index (χ3v) is 34.6. The highest BCUT2D eigenvalue weighted by atomic mass is 127. The Morgan fingerprint density at radius 1 is 0.500 bits per heavy atom. The highest BCUT2D eigenvalue weighted by molar-refractivity contribution is 14.2. The van der Waals surface area contributed by atoms with Gasteiger partial charge in [0.1, 0.15) is 0 Å². The minimum atomic E-state index is -0.170. The molecule has 2 atom stereocenters. The summed E-state index contributed by atoms with van der Waals surface area (Å²) in [6.45, 7) is 23.8. The van der Waals surface area contributed by atoms with Crippen LogP contribution in [0.5, 0.6) is 0 Å². The summed E-state index contributed by atoms with van der Waals surface area (Å²) in [5.41, 5.74) is 12.6. The second-order valence-electron chi connectivity index (χ2n) is 7.66. The Balaban J connectivity index is 2.55. The molecule has 0 bridgehead atoms. The number of hydrogen-bond acceptors (Lipinski definition) is 0. The van der Waals surface area contributed by atoms with Crippen molar-refractivity contribution in [2.45, 2.75) is 79.5 Å². The van der Waals surface area contributed by atoms with Crippen molar-refractivity contribution in [3.05, 3.63) is 44.6 Å². The van der Waals surface area contributed by atoms with Crippen molar-refractivity contribution in [2.75, 3.05) is 0 Å². The summed E-state index contributed by atoms with van der Waals surface area (Å²) in [6, 6.07) is 0. The molecule has 0 nitrogen and oxygen atoms in total. The number of hydrogen-bond donors (Lipinski definition) is 0. The van der Waals surface area contributed by atoms with Gasteiger partial charge in [0, 0.05) is 20.8 Å². The van der Waals surface area contributed by atoms with E-state index in [1.54, 1.807) is 22.3 Å². The van der Waals surface area contributed by atoms with Crippen LogP contribution in [-0.4, -0.2) is 10.3 Å².